The molecule has 0 aliphatic rings. The Morgan fingerprint density at radius 2 is 1.75 bits per heavy atom. The molecule has 0 radical (unpaired) electrons. The average molecular weight is 222 g/mol. The number of aliphatic hydroxyl groups excluding tert-OH is 1. The maximum atomic E-state index is 9.16. The van der Waals surface area contributed by atoms with E-state index in [9.17, 15) is 0 Å². The summed E-state index contributed by atoms with van der Waals surface area (Å²) in [6.07, 6.45) is -0.317. The summed E-state index contributed by atoms with van der Waals surface area (Å²) in [7, 11) is 0. The van der Waals surface area contributed by atoms with Gasteiger partial charge in [0.25, 0.3) is 0 Å². The standard InChI is InChI=1S/C13H22N2O/c1-4-15(5-2)13-8-6-12(7-9-13)14-10-11(3)16/h6-9,11,14,16H,4-5,10H2,1-3H3. The van der Waals surface area contributed by atoms with E-state index in [2.05, 4.69) is 48.3 Å². The molecule has 1 aromatic rings. The van der Waals surface area contributed by atoms with Crippen molar-refractivity contribution in [2.24, 2.45) is 0 Å². The number of hydrogen-bond acceptors (Lipinski definition) is 3. The van der Waals surface area contributed by atoms with Gasteiger partial charge in [0.05, 0.1) is 6.10 Å². The zero-order valence-corrected chi connectivity index (χ0v) is 10.4. The number of nitrogens with zero attached hydrogens (tertiary/aromatic N) is 1. The highest BCUT2D eigenvalue weighted by Crippen LogP contribution is 2.17. The summed E-state index contributed by atoms with van der Waals surface area (Å²) >= 11 is 0. The highest BCUT2D eigenvalue weighted by molar-refractivity contribution is 5.55. The molecule has 0 heterocycles. The molecule has 0 saturated heterocycles. The van der Waals surface area contributed by atoms with Gasteiger partial charge in [-0.3, -0.25) is 0 Å². The summed E-state index contributed by atoms with van der Waals surface area (Å²) in [5.41, 5.74) is 2.30. The second-order valence-corrected chi connectivity index (χ2v) is 3.95. The Morgan fingerprint density at radius 3 is 2.19 bits per heavy atom. The van der Waals surface area contributed by atoms with Crippen molar-refractivity contribution < 1.29 is 5.11 Å². The van der Waals surface area contributed by atoms with Crippen LogP contribution in [0.3, 0.4) is 0 Å². The van der Waals surface area contributed by atoms with Crippen molar-refractivity contribution in [3.05, 3.63) is 24.3 Å². The van der Waals surface area contributed by atoms with Crippen molar-refractivity contribution in [2.45, 2.75) is 26.9 Å². The minimum absolute atomic E-state index is 0.317. The monoisotopic (exact) mass is 222 g/mol. The van der Waals surface area contributed by atoms with Gasteiger partial charge in [-0.2, -0.15) is 0 Å². The SMILES string of the molecule is CCN(CC)c1ccc(NCC(C)O)cc1. The fraction of sp³-hybridized carbons (Fsp3) is 0.538. The molecule has 0 aliphatic carbocycles. The molecule has 90 valence electrons. The summed E-state index contributed by atoms with van der Waals surface area (Å²) in [5.74, 6) is 0. The first-order valence-corrected chi connectivity index (χ1v) is 5.94. The second-order valence-electron chi connectivity index (χ2n) is 3.95. The first-order chi connectivity index (χ1) is 7.67. The Morgan fingerprint density at radius 1 is 1.19 bits per heavy atom. The molecule has 0 spiro atoms. The molecular formula is C13H22N2O. The van der Waals surface area contributed by atoms with E-state index in [-0.39, 0.29) is 6.10 Å². The summed E-state index contributed by atoms with van der Waals surface area (Å²) in [6.45, 7) is 8.72. The molecule has 1 rings (SSSR count). The van der Waals surface area contributed by atoms with Crippen molar-refractivity contribution in [1.29, 1.82) is 0 Å². The molecule has 0 aromatic heterocycles. The normalized spacial score (nSPS) is 12.2. The van der Waals surface area contributed by atoms with Crippen LogP contribution in [0.15, 0.2) is 24.3 Å². The van der Waals surface area contributed by atoms with E-state index < -0.39 is 0 Å². The molecule has 0 saturated carbocycles. The molecule has 1 unspecified atom stereocenters. The Labute approximate surface area is 98.1 Å². The average Bonchev–Trinajstić information content (AvgIpc) is 2.29. The van der Waals surface area contributed by atoms with Crippen LogP contribution in [0.1, 0.15) is 20.8 Å². The van der Waals surface area contributed by atoms with Gasteiger partial charge in [-0.05, 0) is 45.0 Å². The number of nitrogens with one attached hydrogen (secondary N) is 1. The van der Waals surface area contributed by atoms with Gasteiger partial charge < -0.3 is 15.3 Å². The zero-order chi connectivity index (χ0) is 12.0. The van der Waals surface area contributed by atoms with Crippen LogP contribution < -0.4 is 10.2 Å². The lowest BCUT2D eigenvalue weighted by Gasteiger charge is -2.21. The van der Waals surface area contributed by atoms with Crippen LogP contribution in [0.5, 0.6) is 0 Å². The van der Waals surface area contributed by atoms with Gasteiger partial charge in [-0.25, -0.2) is 0 Å². The smallest absolute Gasteiger partial charge is 0.0684 e. The van der Waals surface area contributed by atoms with Crippen molar-refractivity contribution >= 4 is 11.4 Å². The topological polar surface area (TPSA) is 35.5 Å². The van der Waals surface area contributed by atoms with Gasteiger partial charge in [-0.1, -0.05) is 0 Å². The maximum absolute atomic E-state index is 9.16. The molecule has 0 fully saturated rings. The lowest BCUT2D eigenvalue weighted by atomic mass is 10.2. The summed E-state index contributed by atoms with van der Waals surface area (Å²) < 4.78 is 0. The quantitative estimate of drug-likeness (QED) is 0.775. The number of aliphatic hydroxyl groups is 1. The molecule has 16 heavy (non-hydrogen) atoms. The van der Waals surface area contributed by atoms with Crippen LogP contribution in [0.25, 0.3) is 0 Å². The van der Waals surface area contributed by atoms with Crippen molar-refractivity contribution in [2.75, 3.05) is 29.9 Å². The Kier molecular flexibility index (Phi) is 5.12. The van der Waals surface area contributed by atoms with Gasteiger partial charge in [-0.15, -0.1) is 0 Å². The van der Waals surface area contributed by atoms with E-state index in [0.29, 0.717) is 6.54 Å². The second kappa shape index (κ2) is 6.38. The minimum Gasteiger partial charge on any atom is -0.392 e. The first kappa shape index (κ1) is 12.8. The molecule has 1 aromatic carbocycles. The minimum atomic E-state index is -0.317. The Hall–Kier alpha value is -1.22. The molecular weight excluding hydrogens is 200 g/mol. The van der Waals surface area contributed by atoms with E-state index in [0.717, 1.165) is 18.8 Å². The number of benzene rings is 1. The van der Waals surface area contributed by atoms with E-state index in [4.69, 9.17) is 5.11 Å². The lowest BCUT2D eigenvalue weighted by molar-refractivity contribution is 0.208. The van der Waals surface area contributed by atoms with E-state index >= 15 is 0 Å². The third kappa shape index (κ3) is 3.74. The zero-order valence-electron chi connectivity index (χ0n) is 10.4. The predicted molar refractivity (Wildman–Crippen MR) is 70.2 cm³/mol. The number of hydrogen-bond donors (Lipinski definition) is 2. The summed E-state index contributed by atoms with van der Waals surface area (Å²) in [4.78, 5) is 2.30. The van der Waals surface area contributed by atoms with Crippen molar-refractivity contribution in [1.82, 2.24) is 0 Å². The first-order valence-electron chi connectivity index (χ1n) is 5.94. The molecule has 3 nitrogen and oxygen atoms in total. The molecule has 0 aliphatic heterocycles. The number of rotatable bonds is 6. The highest BCUT2D eigenvalue weighted by atomic mass is 16.3. The van der Waals surface area contributed by atoms with Gasteiger partial charge in [0.15, 0.2) is 0 Å². The number of anilines is 2. The van der Waals surface area contributed by atoms with Crippen LogP contribution in [0, 0.1) is 0 Å². The molecule has 2 N–H and O–H groups in total. The maximum Gasteiger partial charge on any atom is 0.0684 e. The highest BCUT2D eigenvalue weighted by Gasteiger charge is 2.01. The summed E-state index contributed by atoms with van der Waals surface area (Å²) in [6, 6.07) is 8.32. The lowest BCUT2D eigenvalue weighted by Crippen LogP contribution is -2.21. The van der Waals surface area contributed by atoms with E-state index in [1.807, 2.05) is 0 Å². The van der Waals surface area contributed by atoms with Crippen molar-refractivity contribution in [3.63, 3.8) is 0 Å². The molecule has 0 amide bonds. The van der Waals surface area contributed by atoms with E-state index in [1.54, 1.807) is 6.92 Å². The van der Waals surface area contributed by atoms with Crippen LogP contribution in [0.4, 0.5) is 11.4 Å². The van der Waals surface area contributed by atoms with E-state index in [1.165, 1.54) is 5.69 Å². The van der Waals surface area contributed by atoms with Crippen LogP contribution in [0.2, 0.25) is 0 Å². The Balaban J connectivity index is 2.60. The van der Waals surface area contributed by atoms with Crippen LogP contribution in [-0.4, -0.2) is 30.8 Å². The van der Waals surface area contributed by atoms with Crippen LogP contribution >= 0.6 is 0 Å². The van der Waals surface area contributed by atoms with Gasteiger partial charge in [0, 0.05) is 31.0 Å². The largest absolute Gasteiger partial charge is 0.392 e. The van der Waals surface area contributed by atoms with Gasteiger partial charge >= 0.3 is 0 Å². The summed E-state index contributed by atoms with van der Waals surface area (Å²) in [5, 5.41) is 12.3. The third-order valence-electron chi connectivity index (χ3n) is 2.60. The molecule has 0 bridgehead atoms. The van der Waals surface area contributed by atoms with Crippen LogP contribution in [-0.2, 0) is 0 Å². The fourth-order valence-electron chi connectivity index (χ4n) is 1.64. The fourth-order valence-corrected chi connectivity index (χ4v) is 1.64. The predicted octanol–water partition coefficient (Wildman–Crippen LogP) is 2.33. The van der Waals surface area contributed by atoms with Gasteiger partial charge in [0.1, 0.15) is 0 Å². The molecule has 3 heteroatoms. The van der Waals surface area contributed by atoms with Gasteiger partial charge in [0.2, 0.25) is 0 Å². The van der Waals surface area contributed by atoms with Crippen molar-refractivity contribution in [3.8, 4) is 0 Å². The Bertz CT molecular complexity index is 291. The third-order valence-corrected chi connectivity index (χ3v) is 2.60. The molecule has 1 atom stereocenters.